The number of carbonyl (C=O) groups is 1. The molecule has 0 saturated heterocycles. The molecule has 1 aromatic heterocycles. The lowest BCUT2D eigenvalue weighted by molar-refractivity contribution is 0.0576. The third kappa shape index (κ3) is 3.78. The number of rotatable bonds is 5. The fourth-order valence-corrected chi connectivity index (χ4v) is 3.07. The molecule has 0 aliphatic rings. The summed E-state index contributed by atoms with van der Waals surface area (Å²) in [6, 6.07) is 1.73. The summed E-state index contributed by atoms with van der Waals surface area (Å²) in [6.07, 6.45) is -2.51. The van der Waals surface area contributed by atoms with Crippen molar-refractivity contribution >= 4 is 49.1 Å². The maximum absolute atomic E-state index is 12.3. The molecule has 1 amide bonds. The van der Waals surface area contributed by atoms with E-state index >= 15 is 0 Å². The molecule has 0 radical (unpaired) electrons. The Kier molecular flexibility index (Phi) is 5.85. The fraction of sp³-hybridized carbons (Fsp3) is 0.444. The predicted octanol–water partition coefficient (Wildman–Crippen LogP) is 3.61. The molecule has 0 aliphatic heterocycles. The van der Waals surface area contributed by atoms with E-state index in [2.05, 4.69) is 31.9 Å². The van der Waals surface area contributed by atoms with Crippen molar-refractivity contribution < 1.29 is 13.6 Å². The molecular formula is C9H9Br2F2NOS. The average molecular weight is 377 g/mol. The standard InChI is InChI=1S/C9H9Br2F2NOS/c10-2-3-14(5-7(12)13)9(15)8-6(11)1-4-16-8/h1,4,7H,2-3,5H2. The summed E-state index contributed by atoms with van der Waals surface area (Å²) < 4.78 is 25.2. The summed E-state index contributed by atoms with van der Waals surface area (Å²) in [5.41, 5.74) is 0. The van der Waals surface area contributed by atoms with Gasteiger partial charge in [0.05, 0.1) is 6.54 Å². The number of hydrogen-bond acceptors (Lipinski definition) is 2. The largest absolute Gasteiger partial charge is 0.331 e. The lowest BCUT2D eigenvalue weighted by Crippen LogP contribution is -2.36. The van der Waals surface area contributed by atoms with Crippen LogP contribution >= 0.6 is 43.2 Å². The van der Waals surface area contributed by atoms with Crippen LogP contribution in [0.3, 0.4) is 0 Å². The third-order valence-electron chi connectivity index (χ3n) is 1.81. The second-order valence-electron chi connectivity index (χ2n) is 2.93. The van der Waals surface area contributed by atoms with Gasteiger partial charge in [0.25, 0.3) is 12.3 Å². The molecule has 1 heterocycles. The molecule has 1 rings (SSSR count). The smallest absolute Gasteiger partial charge is 0.265 e. The van der Waals surface area contributed by atoms with Crippen LogP contribution in [-0.4, -0.2) is 35.7 Å². The monoisotopic (exact) mass is 375 g/mol. The number of carbonyl (C=O) groups excluding carboxylic acids is 1. The van der Waals surface area contributed by atoms with Crippen molar-refractivity contribution in [1.82, 2.24) is 4.90 Å². The summed E-state index contributed by atoms with van der Waals surface area (Å²) in [7, 11) is 0. The van der Waals surface area contributed by atoms with Crippen molar-refractivity contribution in [2.24, 2.45) is 0 Å². The van der Waals surface area contributed by atoms with E-state index in [1.165, 1.54) is 11.3 Å². The number of amides is 1. The number of alkyl halides is 3. The Balaban J connectivity index is 2.78. The SMILES string of the molecule is O=C(c1sccc1Br)N(CCBr)CC(F)F. The first kappa shape index (κ1) is 14.1. The molecule has 0 N–H and O–H groups in total. The van der Waals surface area contributed by atoms with Gasteiger partial charge in [0.15, 0.2) is 0 Å². The summed E-state index contributed by atoms with van der Waals surface area (Å²) >= 11 is 7.60. The minimum absolute atomic E-state index is 0.271. The molecule has 0 aromatic carbocycles. The van der Waals surface area contributed by atoms with Crippen LogP contribution in [0.2, 0.25) is 0 Å². The van der Waals surface area contributed by atoms with Crippen LogP contribution in [0.15, 0.2) is 15.9 Å². The Bertz CT molecular complexity index is 359. The Morgan fingerprint density at radius 1 is 1.56 bits per heavy atom. The topological polar surface area (TPSA) is 20.3 Å². The van der Waals surface area contributed by atoms with Crippen molar-refractivity contribution in [3.8, 4) is 0 Å². The maximum Gasteiger partial charge on any atom is 0.265 e. The normalized spacial score (nSPS) is 10.8. The van der Waals surface area contributed by atoms with Gasteiger partial charge in [-0.25, -0.2) is 8.78 Å². The van der Waals surface area contributed by atoms with E-state index in [9.17, 15) is 13.6 Å². The zero-order valence-corrected chi connectivity index (χ0v) is 12.1. The van der Waals surface area contributed by atoms with Crippen molar-refractivity contribution in [2.45, 2.75) is 6.43 Å². The highest BCUT2D eigenvalue weighted by Gasteiger charge is 2.21. The number of halogens is 4. The zero-order chi connectivity index (χ0) is 12.1. The first-order valence-electron chi connectivity index (χ1n) is 4.42. The molecule has 0 spiro atoms. The van der Waals surface area contributed by atoms with Crippen molar-refractivity contribution in [3.05, 3.63) is 20.8 Å². The van der Waals surface area contributed by atoms with Crippen LogP contribution in [0.1, 0.15) is 9.67 Å². The van der Waals surface area contributed by atoms with Crippen LogP contribution in [0, 0.1) is 0 Å². The molecule has 90 valence electrons. The van der Waals surface area contributed by atoms with Gasteiger partial charge in [-0.1, -0.05) is 15.9 Å². The van der Waals surface area contributed by atoms with E-state index in [0.29, 0.717) is 14.7 Å². The molecule has 2 nitrogen and oxygen atoms in total. The van der Waals surface area contributed by atoms with Gasteiger partial charge in [-0.2, -0.15) is 0 Å². The molecule has 0 aliphatic carbocycles. The van der Waals surface area contributed by atoms with Gasteiger partial charge in [0.1, 0.15) is 4.88 Å². The van der Waals surface area contributed by atoms with Crippen LogP contribution in [0.4, 0.5) is 8.78 Å². The van der Waals surface area contributed by atoms with Crippen LogP contribution in [0.25, 0.3) is 0 Å². The highest BCUT2D eigenvalue weighted by atomic mass is 79.9. The second kappa shape index (κ2) is 6.66. The Morgan fingerprint density at radius 3 is 2.69 bits per heavy atom. The molecule has 7 heteroatoms. The van der Waals surface area contributed by atoms with Gasteiger partial charge in [-0.05, 0) is 27.4 Å². The highest BCUT2D eigenvalue weighted by molar-refractivity contribution is 9.10. The molecule has 0 fully saturated rings. The van der Waals surface area contributed by atoms with Crippen LogP contribution in [0.5, 0.6) is 0 Å². The lowest BCUT2D eigenvalue weighted by atomic mass is 10.4. The summed E-state index contributed by atoms with van der Waals surface area (Å²) in [5.74, 6) is -0.360. The average Bonchev–Trinajstić information content (AvgIpc) is 2.62. The second-order valence-corrected chi connectivity index (χ2v) is 5.49. The minimum Gasteiger partial charge on any atom is -0.331 e. The summed E-state index contributed by atoms with van der Waals surface area (Å²) in [4.78, 5) is 13.5. The summed E-state index contributed by atoms with van der Waals surface area (Å²) in [5, 5.41) is 2.22. The molecular weight excluding hydrogens is 368 g/mol. The number of hydrogen-bond donors (Lipinski definition) is 0. The number of nitrogens with zero attached hydrogens (tertiary/aromatic N) is 1. The molecule has 1 aromatic rings. The van der Waals surface area contributed by atoms with Gasteiger partial charge in [0, 0.05) is 16.3 Å². The molecule has 0 atom stereocenters. The Labute approximate surface area is 113 Å². The van der Waals surface area contributed by atoms with Crippen molar-refractivity contribution in [3.63, 3.8) is 0 Å². The van der Waals surface area contributed by atoms with Crippen molar-refractivity contribution in [1.29, 1.82) is 0 Å². The van der Waals surface area contributed by atoms with Gasteiger partial charge in [-0.15, -0.1) is 11.3 Å². The highest BCUT2D eigenvalue weighted by Crippen LogP contribution is 2.24. The molecule has 0 unspecified atom stereocenters. The first-order chi connectivity index (χ1) is 7.56. The first-order valence-corrected chi connectivity index (χ1v) is 7.22. The van der Waals surface area contributed by atoms with Gasteiger partial charge < -0.3 is 4.90 Å². The van der Waals surface area contributed by atoms with E-state index in [-0.39, 0.29) is 12.5 Å². The number of thiophene rings is 1. The third-order valence-corrected chi connectivity index (χ3v) is 3.99. The molecule has 0 saturated carbocycles. The zero-order valence-electron chi connectivity index (χ0n) is 8.13. The minimum atomic E-state index is -2.51. The Hall–Kier alpha value is -0.0100. The summed E-state index contributed by atoms with van der Waals surface area (Å²) in [6.45, 7) is -0.262. The van der Waals surface area contributed by atoms with E-state index in [1.807, 2.05) is 0 Å². The van der Waals surface area contributed by atoms with E-state index in [4.69, 9.17) is 0 Å². The van der Waals surface area contributed by atoms with Crippen LogP contribution < -0.4 is 0 Å². The van der Waals surface area contributed by atoms with E-state index in [0.717, 1.165) is 4.90 Å². The van der Waals surface area contributed by atoms with Gasteiger partial charge in [-0.3, -0.25) is 4.79 Å². The van der Waals surface area contributed by atoms with Gasteiger partial charge >= 0.3 is 0 Å². The lowest BCUT2D eigenvalue weighted by Gasteiger charge is -2.20. The predicted molar refractivity (Wildman–Crippen MR) is 67.7 cm³/mol. The van der Waals surface area contributed by atoms with Gasteiger partial charge in [0.2, 0.25) is 0 Å². The van der Waals surface area contributed by atoms with E-state index < -0.39 is 13.0 Å². The van der Waals surface area contributed by atoms with E-state index in [1.54, 1.807) is 11.4 Å². The maximum atomic E-state index is 12.3. The fourth-order valence-electron chi connectivity index (χ4n) is 1.13. The molecule has 0 bridgehead atoms. The quantitative estimate of drug-likeness (QED) is 0.719. The van der Waals surface area contributed by atoms with Crippen LogP contribution in [-0.2, 0) is 0 Å². The molecule has 16 heavy (non-hydrogen) atoms. The Morgan fingerprint density at radius 2 is 2.25 bits per heavy atom. The van der Waals surface area contributed by atoms with Crippen molar-refractivity contribution in [2.75, 3.05) is 18.4 Å².